The van der Waals surface area contributed by atoms with Gasteiger partial charge in [-0.1, -0.05) is 49.2 Å². The zero-order valence-electron chi connectivity index (χ0n) is 17.1. The molecule has 4 rings (SSSR count). The summed E-state index contributed by atoms with van der Waals surface area (Å²) < 4.78 is 5.25. The molecule has 3 atom stereocenters. The molecule has 0 spiro atoms. The number of carbonyl (C=O) groups is 1. The maximum absolute atomic E-state index is 12.9. The van der Waals surface area contributed by atoms with E-state index >= 15 is 0 Å². The summed E-state index contributed by atoms with van der Waals surface area (Å²) in [6.07, 6.45) is 4.19. The third-order valence-corrected chi connectivity index (χ3v) is 6.37. The van der Waals surface area contributed by atoms with E-state index in [2.05, 4.69) is 11.4 Å². The highest BCUT2D eigenvalue weighted by Gasteiger charge is 2.52. The van der Waals surface area contributed by atoms with Crippen LogP contribution in [0.1, 0.15) is 37.2 Å². The predicted octanol–water partition coefficient (Wildman–Crippen LogP) is 3.67. The smallest absolute Gasteiger partial charge is 0.319 e. The van der Waals surface area contributed by atoms with Crippen molar-refractivity contribution in [3.8, 4) is 22.9 Å². The van der Waals surface area contributed by atoms with Gasteiger partial charge in [-0.3, -0.25) is 0 Å². The summed E-state index contributed by atoms with van der Waals surface area (Å²) in [5.74, 6) is 0.533. The molecule has 2 aromatic carbocycles. The molecular formula is C24H27N3O3. The van der Waals surface area contributed by atoms with Gasteiger partial charge in [-0.25, -0.2) is 4.79 Å². The number of hydrogen-bond acceptors (Lipinski definition) is 4. The summed E-state index contributed by atoms with van der Waals surface area (Å²) in [4.78, 5) is 14.4. The van der Waals surface area contributed by atoms with E-state index in [-0.39, 0.29) is 24.6 Å². The number of amides is 2. The lowest BCUT2D eigenvalue weighted by Crippen LogP contribution is -2.67. The van der Waals surface area contributed by atoms with Crippen LogP contribution in [0.5, 0.6) is 5.75 Å². The molecule has 1 aliphatic heterocycles. The molecule has 2 aromatic rings. The van der Waals surface area contributed by atoms with Crippen molar-refractivity contribution in [2.45, 2.75) is 49.7 Å². The maximum atomic E-state index is 12.9. The van der Waals surface area contributed by atoms with Gasteiger partial charge >= 0.3 is 6.03 Å². The molecule has 6 nitrogen and oxygen atoms in total. The summed E-state index contributed by atoms with van der Waals surface area (Å²) in [5, 5.41) is 23.0. The second-order valence-electron chi connectivity index (χ2n) is 8.00. The lowest BCUT2D eigenvalue weighted by atomic mass is 9.73. The highest BCUT2D eigenvalue weighted by Crippen LogP contribution is 2.44. The fourth-order valence-electron chi connectivity index (χ4n) is 4.80. The first-order valence-corrected chi connectivity index (χ1v) is 10.5. The Morgan fingerprint density at radius 3 is 2.53 bits per heavy atom. The third kappa shape index (κ3) is 3.61. The minimum Gasteiger partial charge on any atom is -0.497 e. The number of ether oxygens (including phenoxy) is 1. The normalized spacial score (nSPS) is 23.5. The number of nitriles is 1. The molecule has 1 aliphatic carbocycles. The number of likely N-dealkylation sites (tertiary alicyclic amines) is 1. The van der Waals surface area contributed by atoms with Gasteiger partial charge in [0.05, 0.1) is 25.8 Å². The zero-order valence-corrected chi connectivity index (χ0v) is 17.1. The van der Waals surface area contributed by atoms with Crippen LogP contribution in [-0.2, 0) is 0 Å². The Labute approximate surface area is 177 Å². The minimum atomic E-state index is -0.608. The van der Waals surface area contributed by atoms with Gasteiger partial charge in [0, 0.05) is 12.0 Å². The van der Waals surface area contributed by atoms with E-state index in [1.165, 1.54) is 4.90 Å². The Kier molecular flexibility index (Phi) is 5.91. The molecule has 0 radical (unpaired) electrons. The molecule has 2 fully saturated rings. The number of nitrogens with one attached hydrogen (secondary N) is 1. The van der Waals surface area contributed by atoms with E-state index < -0.39 is 12.1 Å². The van der Waals surface area contributed by atoms with Crippen molar-refractivity contribution in [2.24, 2.45) is 0 Å². The van der Waals surface area contributed by atoms with Crippen LogP contribution >= 0.6 is 0 Å². The SMILES string of the molecule is COc1ccc(-c2ccccc2[C@@H]2[C@@H](CO)N(C(=O)NC3CCCC3)[C@H]2C#N)cc1. The molecule has 2 aliphatic rings. The molecule has 1 saturated carbocycles. The fraction of sp³-hybridized carbons (Fsp3) is 0.417. The molecule has 0 aromatic heterocycles. The molecule has 1 saturated heterocycles. The molecule has 2 amide bonds. The van der Waals surface area contributed by atoms with Crippen molar-refractivity contribution >= 4 is 6.03 Å². The Hall–Kier alpha value is -3.04. The molecule has 30 heavy (non-hydrogen) atoms. The summed E-state index contributed by atoms with van der Waals surface area (Å²) in [6.45, 7) is -0.183. The Balaban J connectivity index is 1.62. The van der Waals surface area contributed by atoms with Crippen molar-refractivity contribution < 1.29 is 14.6 Å². The first-order chi connectivity index (χ1) is 14.7. The van der Waals surface area contributed by atoms with Crippen molar-refractivity contribution in [3.05, 3.63) is 54.1 Å². The average molecular weight is 405 g/mol. The van der Waals surface area contributed by atoms with Crippen molar-refractivity contribution in [1.82, 2.24) is 10.2 Å². The molecular weight excluding hydrogens is 378 g/mol. The van der Waals surface area contributed by atoms with Gasteiger partial charge in [0.2, 0.25) is 0 Å². The first kappa shape index (κ1) is 20.2. The van der Waals surface area contributed by atoms with Crippen molar-refractivity contribution in [2.75, 3.05) is 13.7 Å². The van der Waals surface area contributed by atoms with Crippen LogP contribution in [0.15, 0.2) is 48.5 Å². The molecule has 156 valence electrons. The highest BCUT2D eigenvalue weighted by atomic mass is 16.5. The Bertz CT molecular complexity index is 931. The number of benzene rings is 2. The van der Waals surface area contributed by atoms with Crippen LogP contribution in [-0.4, -0.2) is 47.9 Å². The van der Waals surface area contributed by atoms with E-state index in [4.69, 9.17) is 4.74 Å². The summed E-state index contributed by atoms with van der Waals surface area (Å²) >= 11 is 0. The van der Waals surface area contributed by atoms with E-state index in [9.17, 15) is 15.2 Å². The third-order valence-electron chi connectivity index (χ3n) is 6.37. The molecule has 0 bridgehead atoms. The van der Waals surface area contributed by atoms with Crippen LogP contribution in [0, 0.1) is 11.3 Å². The lowest BCUT2D eigenvalue weighted by molar-refractivity contribution is 0.0160. The summed E-state index contributed by atoms with van der Waals surface area (Å²) in [7, 11) is 1.63. The fourth-order valence-corrected chi connectivity index (χ4v) is 4.80. The predicted molar refractivity (Wildman–Crippen MR) is 114 cm³/mol. The van der Waals surface area contributed by atoms with Crippen molar-refractivity contribution in [1.29, 1.82) is 5.26 Å². The van der Waals surface area contributed by atoms with Crippen LogP contribution in [0.2, 0.25) is 0 Å². The van der Waals surface area contributed by atoms with Crippen molar-refractivity contribution in [3.63, 3.8) is 0 Å². The van der Waals surface area contributed by atoms with Gasteiger partial charge < -0.3 is 20.1 Å². The standard InChI is InChI=1S/C24H27N3O3/c1-30-18-12-10-16(11-13-18)19-8-4-5-9-20(19)23-21(14-25)27(22(23)15-28)24(29)26-17-6-2-3-7-17/h4-5,8-13,17,21-23,28H,2-3,6-7,15H2,1H3,(H,26,29)/t21-,22+,23-/m0/s1. The van der Waals surface area contributed by atoms with E-state index in [1.54, 1.807) is 7.11 Å². The van der Waals surface area contributed by atoms with Crippen LogP contribution < -0.4 is 10.1 Å². The Morgan fingerprint density at radius 2 is 1.90 bits per heavy atom. The number of rotatable bonds is 5. The van der Waals surface area contributed by atoms with E-state index in [1.807, 2.05) is 48.5 Å². The number of hydrogen-bond donors (Lipinski definition) is 2. The number of aliphatic hydroxyl groups is 1. The van der Waals surface area contributed by atoms with Gasteiger partial charge in [0.15, 0.2) is 0 Å². The summed E-state index contributed by atoms with van der Waals surface area (Å²) in [6, 6.07) is 16.9. The average Bonchev–Trinajstić information content (AvgIpc) is 3.27. The highest BCUT2D eigenvalue weighted by molar-refractivity contribution is 5.79. The second-order valence-corrected chi connectivity index (χ2v) is 8.00. The van der Waals surface area contributed by atoms with Gasteiger partial charge in [-0.05, 0) is 41.7 Å². The van der Waals surface area contributed by atoms with Gasteiger partial charge in [-0.2, -0.15) is 5.26 Å². The molecule has 6 heteroatoms. The lowest BCUT2D eigenvalue weighted by Gasteiger charge is -2.52. The number of urea groups is 1. The minimum absolute atomic E-state index is 0.168. The largest absolute Gasteiger partial charge is 0.497 e. The zero-order chi connectivity index (χ0) is 21.1. The number of methoxy groups -OCH3 is 1. The Morgan fingerprint density at radius 1 is 1.20 bits per heavy atom. The van der Waals surface area contributed by atoms with Crippen LogP contribution in [0.25, 0.3) is 11.1 Å². The van der Waals surface area contributed by atoms with E-state index in [0.717, 1.165) is 48.1 Å². The van der Waals surface area contributed by atoms with Gasteiger partial charge in [-0.15, -0.1) is 0 Å². The molecule has 0 unspecified atom stereocenters. The first-order valence-electron chi connectivity index (χ1n) is 10.5. The monoisotopic (exact) mass is 405 g/mol. The van der Waals surface area contributed by atoms with Gasteiger partial charge in [0.25, 0.3) is 0 Å². The number of carbonyl (C=O) groups excluding carboxylic acids is 1. The number of aliphatic hydroxyl groups excluding tert-OH is 1. The van der Waals surface area contributed by atoms with Gasteiger partial charge in [0.1, 0.15) is 11.8 Å². The van der Waals surface area contributed by atoms with E-state index in [0.29, 0.717) is 0 Å². The van der Waals surface area contributed by atoms with Crippen LogP contribution in [0.4, 0.5) is 4.79 Å². The molecule has 2 N–H and O–H groups in total. The second kappa shape index (κ2) is 8.76. The molecule has 1 heterocycles. The summed E-state index contributed by atoms with van der Waals surface area (Å²) in [5.41, 5.74) is 2.98. The van der Waals surface area contributed by atoms with Crippen LogP contribution in [0.3, 0.4) is 0 Å². The quantitative estimate of drug-likeness (QED) is 0.795. The number of nitrogens with zero attached hydrogens (tertiary/aromatic N) is 2. The maximum Gasteiger partial charge on any atom is 0.319 e. The topological polar surface area (TPSA) is 85.6 Å².